The van der Waals surface area contributed by atoms with Crippen LogP contribution in [0.5, 0.6) is 0 Å². The van der Waals surface area contributed by atoms with E-state index in [0.717, 1.165) is 17.4 Å². The summed E-state index contributed by atoms with van der Waals surface area (Å²) in [6, 6.07) is 9.83. The summed E-state index contributed by atoms with van der Waals surface area (Å²) in [6.45, 7) is 1.92. The molecule has 0 aliphatic carbocycles. The van der Waals surface area contributed by atoms with Crippen LogP contribution in [0.15, 0.2) is 36.4 Å². The molecule has 0 bridgehead atoms. The third kappa shape index (κ3) is 2.04. The molecule has 56 valence electrons. The minimum absolute atomic E-state index is 0.808. The van der Waals surface area contributed by atoms with Crippen LogP contribution < -0.4 is 0 Å². The second-order valence-corrected chi connectivity index (χ2v) is 2.35. The fraction of sp³-hybridized carbons (Fsp3) is 0.100. The first-order valence-electron chi connectivity index (χ1n) is 3.52. The molecule has 1 nitrogen and oxygen atoms in total. The molecular formula is C10H10O. The normalized spacial score (nSPS) is 11.2. The van der Waals surface area contributed by atoms with E-state index in [-0.39, 0.29) is 0 Å². The lowest BCUT2D eigenvalue weighted by atomic mass is 10.1. The highest BCUT2D eigenvalue weighted by Gasteiger charge is 1.90. The van der Waals surface area contributed by atoms with Crippen molar-refractivity contribution in [2.75, 3.05) is 0 Å². The van der Waals surface area contributed by atoms with Crippen LogP contribution in [0.2, 0.25) is 0 Å². The topological polar surface area (TPSA) is 17.1 Å². The van der Waals surface area contributed by atoms with E-state index in [0.29, 0.717) is 0 Å². The van der Waals surface area contributed by atoms with Gasteiger partial charge in [-0.2, -0.15) is 0 Å². The van der Waals surface area contributed by atoms with Gasteiger partial charge in [0.1, 0.15) is 6.29 Å². The maximum absolute atomic E-state index is 10.1. The van der Waals surface area contributed by atoms with Gasteiger partial charge in [0.2, 0.25) is 0 Å². The molecule has 0 aliphatic rings. The second-order valence-electron chi connectivity index (χ2n) is 2.35. The van der Waals surface area contributed by atoms with E-state index in [1.807, 2.05) is 37.3 Å². The van der Waals surface area contributed by atoms with Gasteiger partial charge in [-0.05, 0) is 24.1 Å². The Morgan fingerprint density at radius 3 is 2.45 bits per heavy atom. The molecule has 0 unspecified atom stereocenters. The van der Waals surface area contributed by atoms with Crippen molar-refractivity contribution >= 4 is 11.9 Å². The zero-order valence-electron chi connectivity index (χ0n) is 6.45. The standard InChI is InChI=1S/C10H10O/c1-9(7-8-11)10-5-3-2-4-6-10/h2-8H,1H3/b9-7-. The molecule has 0 heterocycles. The zero-order valence-corrected chi connectivity index (χ0v) is 6.45. The minimum atomic E-state index is 0.808. The van der Waals surface area contributed by atoms with Crippen molar-refractivity contribution in [3.05, 3.63) is 42.0 Å². The summed E-state index contributed by atoms with van der Waals surface area (Å²) in [4.78, 5) is 10.1. The summed E-state index contributed by atoms with van der Waals surface area (Å²) in [7, 11) is 0. The lowest BCUT2D eigenvalue weighted by molar-refractivity contribution is -0.104. The van der Waals surface area contributed by atoms with E-state index in [1.54, 1.807) is 6.08 Å². The van der Waals surface area contributed by atoms with E-state index in [9.17, 15) is 4.79 Å². The fourth-order valence-electron chi connectivity index (χ4n) is 0.899. The Kier molecular flexibility index (Phi) is 2.61. The van der Waals surface area contributed by atoms with Crippen LogP contribution in [-0.2, 0) is 4.79 Å². The van der Waals surface area contributed by atoms with Crippen molar-refractivity contribution in [3.63, 3.8) is 0 Å². The number of hydrogen-bond donors (Lipinski definition) is 0. The van der Waals surface area contributed by atoms with Gasteiger partial charge in [-0.1, -0.05) is 30.3 Å². The number of benzene rings is 1. The fourth-order valence-corrected chi connectivity index (χ4v) is 0.899. The highest BCUT2D eigenvalue weighted by molar-refractivity contribution is 5.80. The molecule has 0 N–H and O–H groups in total. The molecule has 1 heteroatoms. The maximum atomic E-state index is 10.1. The first-order valence-corrected chi connectivity index (χ1v) is 3.52. The van der Waals surface area contributed by atoms with Crippen molar-refractivity contribution in [2.24, 2.45) is 0 Å². The van der Waals surface area contributed by atoms with Crippen molar-refractivity contribution in [1.29, 1.82) is 0 Å². The molecule has 0 saturated carbocycles. The van der Waals surface area contributed by atoms with E-state index >= 15 is 0 Å². The van der Waals surface area contributed by atoms with Crippen molar-refractivity contribution in [2.45, 2.75) is 6.92 Å². The molecule has 1 aromatic rings. The van der Waals surface area contributed by atoms with Crippen molar-refractivity contribution < 1.29 is 4.79 Å². The quantitative estimate of drug-likeness (QED) is 0.462. The summed E-state index contributed by atoms with van der Waals surface area (Å²) in [5, 5.41) is 0. The summed E-state index contributed by atoms with van der Waals surface area (Å²) in [5.74, 6) is 0. The summed E-state index contributed by atoms with van der Waals surface area (Å²) >= 11 is 0. The van der Waals surface area contributed by atoms with Gasteiger partial charge in [0.05, 0.1) is 0 Å². The summed E-state index contributed by atoms with van der Waals surface area (Å²) in [6.07, 6.45) is 2.37. The molecule has 0 aliphatic heterocycles. The molecule has 0 atom stereocenters. The van der Waals surface area contributed by atoms with Gasteiger partial charge >= 0.3 is 0 Å². The van der Waals surface area contributed by atoms with Gasteiger partial charge in [0, 0.05) is 0 Å². The first-order chi connectivity index (χ1) is 5.34. The average molecular weight is 146 g/mol. The minimum Gasteiger partial charge on any atom is -0.299 e. The highest BCUT2D eigenvalue weighted by atomic mass is 16.1. The zero-order chi connectivity index (χ0) is 8.10. The van der Waals surface area contributed by atoms with Crippen LogP contribution in [0.4, 0.5) is 0 Å². The number of aldehydes is 1. The highest BCUT2D eigenvalue weighted by Crippen LogP contribution is 2.10. The largest absolute Gasteiger partial charge is 0.299 e. The van der Waals surface area contributed by atoms with Gasteiger partial charge in [-0.3, -0.25) is 4.79 Å². The monoisotopic (exact) mass is 146 g/mol. The second kappa shape index (κ2) is 3.71. The maximum Gasteiger partial charge on any atom is 0.143 e. The molecule has 0 aromatic heterocycles. The Bertz CT molecular complexity index is 259. The first kappa shape index (κ1) is 7.73. The number of hydrogen-bond acceptors (Lipinski definition) is 1. The van der Waals surface area contributed by atoms with Crippen LogP contribution in [0.1, 0.15) is 12.5 Å². The third-order valence-electron chi connectivity index (χ3n) is 1.55. The van der Waals surface area contributed by atoms with Crippen molar-refractivity contribution in [3.8, 4) is 0 Å². The molecule has 11 heavy (non-hydrogen) atoms. The molecule has 0 fully saturated rings. The Morgan fingerprint density at radius 2 is 1.91 bits per heavy atom. The van der Waals surface area contributed by atoms with Gasteiger partial charge < -0.3 is 0 Å². The SMILES string of the molecule is C/C(=C/C=O)c1ccccc1. The Labute approximate surface area is 66.4 Å². The van der Waals surface area contributed by atoms with Crippen LogP contribution in [-0.4, -0.2) is 6.29 Å². The van der Waals surface area contributed by atoms with Gasteiger partial charge in [0.15, 0.2) is 0 Å². The third-order valence-corrected chi connectivity index (χ3v) is 1.55. The summed E-state index contributed by atoms with van der Waals surface area (Å²) in [5.41, 5.74) is 2.10. The molecule has 1 aromatic carbocycles. The predicted octanol–water partition coefficient (Wildman–Crippen LogP) is 2.29. The molecule has 0 amide bonds. The van der Waals surface area contributed by atoms with Crippen LogP contribution in [0.25, 0.3) is 5.57 Å². The molecular weight excluding hydrogens is 136 g/mol. The Balaban J connectivity index is 2.94. The number of carbonyl (C=O) groups is 1. The van der Waals surface area contributed by atoms with E-state index in [1.165, 1.54) is 0 Å². The summed E-state index contributed by atoms with van der Waals surface area (Å²) < 4.78 is 0. The van der Waals surface area contributed by atoms with Gasteiger partial charge in [0.25, 0.3) is 0 Å². The number of carbonyl (C=O) groups excluding carboxylic acids is 1. The van der Waals surface area contributed by atoms with Crippen molar-refractivity contribution in [1.82, 2.24) is 0 Å². The number of allylic oxidation sites excluding steroid dienone is 2. The average Bonchev–Trinajstić information content (AvgIpc) is 2.07. The Hall–Kier alpha value is -1.37. The lowest BCUT2D eigenvalue weighted by Crippen LogP contribution is -1.77. The molecule has 1 rings (SSSR count). The smallest absolute Gasteiger partial charge is 0.143 e. The van der Waals surface area contributed by atoms with Crippen LogP contribution in [0, 0.1) is 0 Å². The van der Waals surface area contributed by atoms with E-state index in [2.05, 4.69) is 0 Å². The molecule has 0 saturated heterocycles. The van der Waals surface area contributed by atoms with Gasteiger partial charge in [-0.25, -0.2) is 0 Å². The molecule has 0 radical (unpaired) electrons. The predicted molar refractivity (Wildman–Crippen MR) is 46.2 cm³/mol. The van der Waals surface area contributed by atoms with Crippen LogP contribution >= 0.6 is 0 Å². The van der Waals surface area contributed by atoms with Crippen LogP contribution in [0.3, 0.4) is 0 Å². The van der Waals surface area contributed by atoms with Gasteiger partial charge in [-0.15, -0.1) is 0 Å². The molecule has 0 spiro atoms. The Morgan fingerprint density at radius 1 is 1.27 bits per heavy atom. The lowest BCUT2D eigenvalue weighted by Gasteiger charge is -1.96. The van der Waals surface area contributed by atoms with E-state index in [4.69, 9.17) is 0 Å². The van der Waals surface area contributed by atoms with E-state index < -0.39 is 0 Å². The number of rotatable bonds is 2.